The van der Waals surface area contributed by atoms with Gasteiger partial charge in [-0.25, -0.2) is 9.78 Å². The maximum Gasteiger partial charge on any atom is 0.357 e. The van der Waals surface area contributed by atoms with Crippen LogP contribution in [-0.2, 0) is 4.74 Å². The molecule has 0 aromatic carbocycles. The number of thiazole rings is 1. The van der Waals surface area contributed by atoms with E-state index in [2.05, 4.69) is 35.1 Å². The summed E-state index contributed by atoms with van der Waals surface area (Å²) in [5.74, 6) is -0.388. The third-order valence-electron chi connectivity index (χ3n) is 3.18. The Morgan fingerprint density at radius 1 is 1.56 bits per heavy atom. The fourth-order valence-corrected chi connectivity index (χ4v) is 3.12. The average Bonchev–Trinajstić information content (AvgIpc) is 2.89. The summed E-state index contributed by atoms with van der Waals surface area (Å²) >= 11 is 3.31. The lowest BCUT2D eigenvalue weighted by Gasteiger charge is -2.29. The second kappa shape index (κ2) is 6.99. The number of hydrogen-bond acceptors (Lipinski definition) is 6. The van der Waals surface area contributed by atoms with Gasteiger partial charge in [0.05, 0.1) is 7.11 Å². The molecule has 0 unspecified atom stereocenters. The first-order valence-electron chi connectivity index (χ1n) is 5.93. The highest BCUT2D eigenvalue weighted by Gasteiger charge is 2.25. The number of nitrogens with zero attached hydrogens (tertiary/aromatic N) is 1. The van der Waals surface area contributed by atoms with Gasteiger partial charge in [0.15, 0.2) is 10.8 Å². The molecule has 0 atom stereocenters. The summed E-state index contributed by atoms with van der Waals surface area (Å²) < 4.78 is 4.87. The number of rotatable bonds is 7. The van der Waals surface area contributed by atoms with Crippen molar-refractivity contribution in [3.63, 3.8) is 0 Å². The Hall–Kier alpha value is -0.750. The number of ether oxygens (including phenoxy) is 1. The number of nitrogens with one attached hydrogen (secondary N) is 1. The molecule has 1 aromatic heterocycles. The van der Waals surface area contributed by atoms with Crippen LogP contribution in [-0.4, -0.2) is 35.6 Å². The molecule has 0 bridgehead atoms. The topological polar surface area (TPSA) is 51.2 Å². The summed E-state index contributed by atoms with van der Waals surface area (Å²) in [7, 11) is 1.36. The Morgan fingerprint density at radius 2 is 2.22 bits per heavy atom. The summed E-state index contributed by atoms with van der Waals surface area (Å²) in [6.45, 7) is 5.25. The quantitative estimate of drug-likeness (QED) is 0.780. The maximum absolute atomic E-state index is 11.3. The van der Waals surface area contributed by atoms with Gasteiger partial charge in [-0.1, -0.05) is 13.8 Å². The molecule has 1 heterocycles. The Bertz CT molecular complexity index is 381. The second-order valence-corrected chi connectivity index (χ2v) is 6.11. The van der Waals surface area contributed by atoms with Crippen LogP contribution >= 0.6 is 23.1 Å². The minimum atomic E-state index is -0.388. The van der Waals surface area contributed by atoms with E-state index in [1.165, 1.54) is 18.4 Å². The van der Waals surface area contributed by atoms with E-state index in [1.807, 2.05) is 11.8 Å². The lowest BCUT2D eigenvalue weighted by molar-refractivity contribution is 0.0595. The van der Waals surface area contributed by atoms with Gasteiger partial charge in [0.25, 0.3) is 0 Å². The van der Waals surface area contributed by atoms with Crippen LogP contribution in [0.1, 0.15) is 37.2 Å². The van der Waals surface area contributed by atoms with Gasteiger partial charge >= 0.3 is 5.97 Å². The number of carbonyl (C=O) groups is 1. The first-order chi connectivity index (χ1) is 8.60. The number of anilines is 1. The fraction of sp³-hybridized carbons (Fsp3) is 0.667. The van der Waals surface area contributed by atoms with Crippen molar-refractivity contribution < 1.29 is 9.53 Å². The highest BCUT2D eigenvalue weighted by Crippen LogP contribution is 2.31. The van der Waals surface area contributed by atoms with Gasteiger partial charge in [0.1, 0.15) is 0 Å². The zero-order valence-electron chi connectivity index (χ0n) is 11.3. The number of aromatic nitrogens is 1. The third-order valence-corrected chi connectivity index (χ3v) is 5.57. The number of thioether (sulfide) groups is 1. The molecule has 0 spiro atoms. The predicted molar refractivity (Wildman–Crippen MR) is 78.8 cm³/mol. The van der Waals surface area contributed by atoms with E-state index < -0.39 is 0 Å². The highest BCUT2D eigenvalue weighted by atomic mass is 32.2. The van der Waals surface area contributed by atoms with E-state index in [-0.39, 0.29) is 10.7 Å². The van der Waals surface area contributed by atoms with Crippen molar-refractivity contribution in [2.24, 2.45) is 0 Å². The van der Waals surface area contributed by atoms with E-state index in [1.54, 1.807) is 5.38 Å². The van der Waals surface area contributed by atoms with E-state index in [0.717, 1.165) is 24.5 Å². The molecule has 0 aliphatic carbocycles. The van der Waals surface area contributed by atoms with Gasteiger partial charge in [0.2, 0.25) is 0 Å². The largest absolute Gasteiger partial charge is 0.464 e. The monoisotopic (exact) mass is 288 g/mol. The van der Waals surface area contributed by atoms with Gasteiger partial charge in [-0.15, -0.1) is 11.3 Å². The van der Waals surface area contributed by atoms with E-state index in [0.29, 0.717) is 5.69 Å². The minimum Gasteiger partial charge on any atom is -0.464 e. The van der Waals surface area contributed by atoms with E-state index in [9.17, 15) is 4.79 Å². The SMILES string of the molecule is CCC(CC)(CNc1nc(C(=O)OC)cs1)SC. The van der Waals surface area contributed by atoms with Crippen LogP contribution in [0, 0.1) is 0 Å². The first kappa shape index (κ1) is 15.3. The molecule has 1 N–H and O–H groups in total. The van der Waals surface area contributed by atoms with E-state index in [4.69, 9.17) is 0 Å². The van der Waals surface area contributed by atoms with Crippen LogP contribution in [0.4, 0.5) is 5.13 Å². The van der Waals surface area contributed by atoms with Crippen LogP contribution in [0.3, 0.4) is 0 Å². The maximum atomic E-state index is 11.3. The van der Waals surface area contributed by atoms with Crippen LogP contribution in [0.5, 0.6) is 0 Å². The smallest absolute Gasteiger partial charge is 0.357 e. The molecule has 0 amide bonds. The molecule has 0 aliphatic rings. The molecule has 6 heteroatoms. The van der Waals surface area contributed by atoms with Crippen LogP contribution < -0.4 is 5.32 Å². The lowest BCUT2D eigenvalue weighted by atomic mass is 10.0. The van der Waals surface area contributed by atoms with Crippen molar-refractivity contribution in [1.29, 1.82) is 0 Å². The molecular weight excluding hydrogens is 268 g/mol. The molecule has 0 saturated carbocycles. The normalized spacial score (nSPS) is 11.3. The summed E-state index contributed by atoms with van der Waals surface area (Å²) in [6, 6.07) is 0. The third kappa shape index (κ3) is 3.62. The average molecular weight is 288 g/mol. The highest BCUT2D eigenvalue weighted by molar-refractivity contribution is 8.00. The molecular formula is C12H20N2O2S2. The molecule has 4 nitrogen and oxygen atoms in total. The predicted octanol–water partition coefficient (Wildman–Crippen LogP) is 3.26. The number of esters is 1. The summed E-state index contributed by atoms with van der Waals surface area (Å²) in [4.78, 5) is 15.5. The molecule has 18 heavy (non-hydrogen) atoms. The van der Waals surface area contributed by atoms with Crippen molar-refractivity contribution in [1.82, 2.24) is 4.98 Å². The summed E-state index contributed by atoms with van der Waals surface area (Å²) in [6.07, 6.45) is 4.34. The van der Waals surface area contributed by atoms with Crippen LogP contribution in [0.15, 0.2) is 5.38 Å². The molecule has 102 valence electrons. The van der Waals surface area contributed by atoms with Crippen LogP contribution in [0.25, 0.3) is 0 Å². The Kier molecular flexibility index (Phi) is 5.95. The Labute approximate surface area is 117 Å². The summed E-state index contributed by atoms with van der Waals surface area (Å²) in [5.41, 5.74) is 0.368. The van der Waals surface area contributed by atoms with Gasteiger partial charge < -0.3 is 10.1 Å². The Balaban J connectivity index is 2.63. The first-order valence-corrected chi connectivity index (χ1v) is 8.04. The molecule has 0 fully saturated rings. The van der Waals surface area contributed by atoms with E-state index >= 15 is 0 Å². The minimum absolute atomic E-state index is 0.233. The van der Waals surface area contributed by atoms with Gasteiger partial charge in [0, 0.05) is 16.7 Å². The summed E-state index contributed by atoms with van der Waals surface area (Å²) in [5, 5.41) is 5.81. The lowest BCUT2D eigenvalue weighted by Crippen LogP contribution is -2.31. The molecule has 1 rings (SSSR count). The van der Waals surface area contributed by atoms with Crippen LogP contribution in [0.2, 0.25) is 0 Å². The molecule has 0 saturated heterocycles. The van der Waals surface area contributed by atoms with Crippen molar-refractivity contribution >= 4 is 34.2 Å². The zero-order valence-corrected chi connectivity index (χ0v) is 12.9. The van der Waals surface area contributed by atoms with Gasteiger partial charge in [-0.3, -0.25) is 0 Å². The molecule has 0 radical (unpaired) electrons. The second-order valence-electron chi connectivity index (χ2n) is 3.98. The molecule has 1 aromatic rings. The Morgan fingerprint density at radius 3 is 2.72 bits per heavy atom. The number of hydrogen-bond donors (Lipinski definition) is 1. The van der Waals surface area contributed by atoms with Crippen molar-refractivity contribution in [2.75, 3.05) is 25.2 Å². The van der Waals surface area contributed by atoms with Crippen molar-refractivity contribution in [3.8, 4) is 0 Å². The van der Waals surface area contributed by atoms with Crippen molar-refractivity contribution in [3.05, 3.63) is 11.1 Å². The van der Waals surface area contributed by atoms with Crippen molar-refractivity contribution in [2.45, 2.75) is 31.4 Å². The number of carbonyl (C=O) groups excluding carboxylic acids is 1. The molecule has 0 aliphatic heterocycles. The fourth-order valence-electron chi connectivity index (χ4n) is 1.65. The number of methoxy groups -OCH3 is 1. The van der Waals surface area contributed by atoms with Gasteiger partial charge in [-0.05, 0) is 19.1 Å². The zero-order chi connectivity index (χ0) is 13.6. The van der Waals surface area contributed by atoms with Gasteiger partial charge in [-0.2, -0.15) is 11.8 Å². The standard InChI is InChI=1S/C12H20N2O2S2/c1-5-12(6-2,17-4)8-13-11-14-9(7-18-11)10(15)16-3/h7H,5-6,8H2,1-4H3,(H,13,14).